The van der Waals surface area contributed by atoms with E-state index in [1.165, 1.54) is 43.1 Å². The molecule has 0 saturated carbocycles. The number of likely N-dealkylation sites (N-methyl/N-ethyl adjacent to an activating group) is 3. The minimum Gasteiger partial charge on any atom is -0.508 e. The van der Waals surface area contributed by atoms with Crippen molar-refractivity contribution in [2.75, 3.05) is 65.4 Å². The van der Waals surface area contributed by atoms with Gasteiger partial charge < -0.3 is 105 Å². The highest BCUT2D eigenvalue weighted by atomic mass is 32.2. The van der Waals surface area contributed by atoms with Crippen molar-refractivity contribution in [3.05, 3.63) is 208 Å². The third-order valence-electron chi connectivity index (χ3n) is 25.3. The topological polar surface area (TPSA) is 521 Å². The third-order valence-corrected chi connectivity index (χ3v) is 26.4. The van der Waals surface area contributed by atoms with Gasteiger partial charge in [0.1, 0.15) is 84.3 Å². The molecule has 0 spiro atoms. The molecule has 15 amide bonds. The molecule has 4 heterocycles. The van der Waals surface area contributed by atoms with E-state index in [0.29, 0.717) is 94.7 Å². The van der Waals surface area contributed by atoms with Crippen LogP contribution in [0.4, 0.5) is 13.2 Å². The first kappa shape index (κ1) is 107. The number of primary amides is 1. The lowest BCUT2D eigenvalue weighted by molar-refractivity contribution is -0.152. The minimum absolute atomic E-state index is 0.00769. The lowest BCUT2D eigenvalue weighted by Crippen LogP contribution is -2.63. The van der Waals surface area contributed by atoms with Gasteiger partial charge >= 0.3 is 0 Å². The average molecular weight is 1930 g/mol. The van der Waals surface area contributed by atoms with Gasteiger partial charge in [-0.3, -0.25) is 71.9 Å². The molecule has 13 atom stereocenters. The number of nitrogens with two attached hydrogens (primary N) is 4. The molecule has 138 heavy (non-hydrogen) atoms. The monoisotopic (exact) mass is 1930 g/mol. The van der Waals surface area contributed by atoms with Crippen molar-refractivity contribution < 1.29 is 90.2 Å². The number of aromatic hydroxyl groups is 1. The Morgan fingerprint density at radius 3 is 1.63 bits per heavy atom. The number of para-hydroxylation sites is 1. The average Bonchev–Trinajstić information content (AvgIpc) is 1.56. The highest BCUT2D eigenvalue weighted by Crippen LogP contribution is 2.29. The number of carbonyl (C=O) groups is 15. The van der Waals surface area contributed by atoms with Gasteiger partial charge in [-0.2, -0.15) is 0 Å². The Hall–Kier alpha value is -13.3. The maximum Gasteiger partial charge on any atom is 0.246 e. The lowest BCUT2D eigenvalue weighted by Gasteiger charge is -2.38. The standard InChI is InChI=1S/C99H128F3N19O16S/c1-7-8-29-80-98(136)121-44-21-31-79(121)93(131)114-76(53-105)91(129)116-86(58(2)3)99(137)118(5)81(49-60-22-11-9-12-23-60)94(132)113-75(47-62-32-34-63(52-104)35-33-62)96(134)120-43-20-18-30-78(120)92(130)112-73(51-65-54-107-70-27-16-15-26-67(65)70)90(128)111-72(41-38-59-36-39-66(122)40-37-59)89(127)110-71(28-17-19-42-103)88(126)115-77(87(125)108-55-83(106)123)56-138-57-84(124)109-74(48-64-45-68(100)85(102)69(101)46-64)95(133)119(6)82(97(135)117(80)4)50-61-24-13-10-14-25-61/h9-16,22-27,32-37,39-40,45-46,54,58,71-82,86,107,122H,7-8,17-21,28-31,38,41-44,47-53,55-57,103-105H2,1-6H3,(H2,106,123)(H,108,125)(H,109,124)(H,110,127)(H,111,128)(H,112,130)(H,113,132)(H,114,131)(H,115,126)(H,116,129)/t71-,72-,73-,74-,75-,76-,77-,78+,79+,80-,81-,82-,86-/m0/s1. The van der Waals surface area contributed by atoms with Gasteiger partial charge in [0.05, 0.1) is 12.3 Å². The van der Waals surface area contributed by atoms with Crippen molar-refractivity contribution in [1.82, 2.24) is 77.3 Å². The summed E-state index contributed by atoms with van der Waals surface area (Å²) in [5, 5.41) is 35.6. The molecule has 10 rings (SSSR count). The van der Waals surface area contributed by atoms with Crippen molar-refractivity contribution in [2.24, 2.45) is 28.9 Å². The summed E-state index contributed by atoms with van der Waals surface area (Å²) < 4.78 is 45.2. The molecular weight excluding hydrogens is 1800 g/mol. The molecule has 742 valence electrons. The normalized spacial score (nSPS) is 23.2. The van der Waals surface area contributed by atoms with Gasteiger partial charge in [-0.25, -0.2) is 13.2 Å². The molecule has 1 aromatic heterocycles. The molecular formula is C99H128F3N19O16S. The van der Waals surface area contributed by atoms with Crippen molar-refractivity contribution in [3.8, 4) is 5.75 Å². The lowest BCUT2D eigenvalue weighted by atomic mass is 9.96. The molecule has 0 aliphatic carbocycles. The number of benzene rings is 6. The molecule has 6 aromatic carbocycles. The van der Waals surface area contributed by atoms with Crippen molar-refractivity contribution in [2.45, 2.75) is 221 Å². The van der Waals surface area contributed by atoms with Gasteiger partial charge in [0.15, 0.2) is 17.5 Å². The van der Waals surface area contributed by atoms with Crippen LogP contribution < -0.4 is 70.8 Å². The van der Waals surface area contributed by atoms with E-state index >= 15 is 56.7 Å². The van der Waals surface area contributed by atoms with E-state index in [-0.39, 0.29) is 115 Å². The number of fused-ring (bicyclic) bond motifs is 3. The number of aromatic amines is 1. The molecule has 39 heteroatoms. The van der Waals surface area contributed by atoms with E-state index in [4.69, 9.17) is 22.9 Å². The fourth-order valence-corrected chi connectivity index (χ4v) is 18.3. The van der Waals surface area contributed by atoms with E-state index in [1.807, 2.05) is 6.92 Å². The molecule has 35 nitrogen and oxygen atoms in total. The van der Waals surface area contributed by atoms with Gasteiger partial charge in [0, 0.05) is 102 Å². The molecule has 3 fully saturated rings. The first-order chi connectivity index (χ1) is 66.1. The van der Waals surface area contributed by atoms with Gasteiger partial charge in [0.2, 0.25) is 88.6 Å². The Balaban J connectivity index is 1.06. The summed E-state index contributed by atoms with van der Waals surface area (Å²) in [6.07, 6.45) is 2.30. The largest absolute Gasteiger partial charge is 0.508 e. The number of thioether (sulfide) groups is 1. The Labute approximate surface area is 804 Å². The van der Waals surface area contributed by atoms with E-state index in [9.17, 15) is 33.5 Å². The molecule has 0 radical (unpaired) electrons. The van der Waals surface area contributed by atoms with Crippen LogP contribution in [0, 0.1) is 23.4 Å². The Morgan fingerprint density at radius 2 is 1.01 bits per heavy atom. The van der Waals surface area contributed by atoms with Crippen molar-refractivity contribution >= 4 is 111 Å². The number of rotatable bonds is 26. The van der Waals surface area contributed by atoms with Crippen LogP contribution in [-0.4, -0.2) is 267 Å². The van der Waals surface area contributed by atoms with Crippen LogP contribution in [0.5, 0.6) is 5.75 Å². The summed E-state index contributed by atoms with van der Waals surface area (Å²) >= 11 is 0.696. The number of aryl methyl sites for hydroxylation is 1. The van der Waals surface area contributed by atoms with Crippen LogP contribution in [0.25, 0.3) is 10.9 Å². The van der Waals surface area contributed by atoms with E-state index < -0.39 is 222 Å². The van der Waals surface area contributed by atoms with E-state index in [0.717, 1.165) is 20.3 Å². The van der Waals surface area contributed by atoms with Crippen LogP contribution in [0.15, 0.2) is 152 Å². The summed E-state index contributed by atoms with van der Waals surface area (Å²) in [5.41, 5.74) is 27.7. The number of unbranched alkanes of at least 4 members (excludes halogenated alkanes) is 2. The zero-order valence-corrected chi connectivity index (χ0v) is 79.4. The summed E-state index contributed by atoms with van der Waals surface area (Å²) in [6.45, 7) is 4.10. The number of piperidine rings is 1. The number of nitrogens with zero attached hydrogens (tertiary/aromatic N) is 5. The summed E-state index contributed by atoms with van der Waals surface area (Å²) in [7, 11) is 3.94. The third kappa shape index (κ3) is 29.4. The Morgan fingerprint density at radius 1 is 0.486 bits per heavy atom. The number of hydrogen-bond donors (Lipinski definition) is 15. The summed E-state index contributed by atoms with van der Waals surface area (Å²) in [6, 6.07) is 18.8. The zero-order valence-electron chi connectivity index (χ0n) is 78.6. The van der Waals surface area contributed by atoms with Crippen LogP contribution in [-0.2, 0) is 117 Å². The predicted molar refractivity (Wildman–Crippen MR) is 512 cm³/mol. The summed E-state index contributed by atoms with van der Waals surface area (Å²) in [4.78, 5) is 236. The van der Waals surface area contributed by atoms with Crippen LogP contribution in [0.1, 0.15) is 137 Å². The molecule has 3 aliphatic heterocycles. The summed E-state index contributed by atoms with van der Waals surface area (Å²) in [5.74, 6) is -20.4. The molecule has 0 unspecified atom stereocenters. The fourth-order valence-electron chi connectivity index (χ4n) is 17.4. The first-order valence-corrected chi connectivity index (χ1v) is 47.9. The number of phenolic OH excluding ortho intramolecular Hbond substituents is 1. The van der Waals surface area contributed by atoms with Gasteiger partial charge in [-0.1, -0.05) is 149 Å². The first-order valence-electron chi connectivity index (χ1n) is 46.8. The number of phenols is 1. The van der Waals surface area contributed by atoms with E-state index in [2.05, 4.69) is 52.8 Å². The smallest absolute Gasteiger partial charge is 0.246 e. The number of halogens is 3. The molecule has 3 saturated heterocycles. The zero-order chi connectivity index (χ0) is 100.0. The van der Waals surface area contributed by atoms with Crippen LogP contribution >= 0.6 is 11.8 Å². The molecule has 3 aliphatic rings. The fraction of sp³-hybridized carbons (Fsp3) is 0.465. The maximum absolute atomic E-state index is 16.0. The van der Waals surface area contributed by atoms with Gasteiger partial charge in [-0.05, 0) is 152 Å². The predicted octanol–water partition coefficient (Wildman–Crippen LogP) is 2.91. The number of hydrogen-bond acceptors (Lipinski definition) is 20. The minimum atomic E-state index is -1.84. The van der Waals surface area contributed by atoms with Crippen molar-refractivity contribution in [1.29, 1.82) is 0 Å². The van der Waals surface area contributed by atoms with Gasteiger partial charge in [0.25, 0.3) is 0 Å². The highest BCUT2D eigenvalue weighted by molar-refractivity contribution is 8.00. The Bertz CT molecular complexity index is 5390. The second-order valence-electron chi connectivity index (χ2n) is 35.7. The van der Waals surface area contributed by atoms with Crippen LogP contribution in [0.3, 0.4) is 0 Å². The Kier molecular flexibility index (Phi) is 40.1. The number of carbonyl (C=O) groups excluding carboxylic acids is 15. The highest BCUT2D eigenvalue weighted by Gasteiger charge is 2.46. The van der Waals surface area contributed by atoms with E-state index in [1.54, 1.807) is 141 Å². The molecule has 0 bridgehead atoms. The maximum atomic E-state index is 16.0. The second kappa shape index (κ2) is 51.8. The van der Waals surface area contributed by atoms with Gasteiger partial charge in [-0.15, -0.1) is 11.8 Å². The number of H-pyrrole nitrogens is 1. The number of nitrogens with one attached hydrogen (secondary N) is 10. The molecule has 7 aromatic rings. The quantitative estimate of drug-likeness (QED) is 0.0274. The number of aromatic nitrogens is 1. The SMILES string of the molecule is CCCC[C@H]1C(=O)N2CCC[C@@H]2C(=O)N[C@@H](CN)C(=O)N[C@@H](C(C)C)C(=O)N(C)[C@@H](Cc2ccccc2)C(=O)N[C@@H](Cc2ccc(CN)cc2)C(=O)N2CCCC[C@@H]2C(=O)N[C@@H](Cc2c[nH]c3ccccc23)C(=O)N[C@@H](CCc2ccc(O)cc2)C(=O)N[C@@H](CCCCN)C(=O)N[C@H](C(=O)NCC(N)=O)CSCC(=O)N[C@@H](Cc2cc(F)c(F)c(F)c2)C(=O)N(C)[C@@H](Cc2ccccc2)C(=O)N1C. The second-order valence-corrected chi connectivity index (χ2v) is 36.7. The van der Waals surface area contributed by atoms with Crippen molar-refractivity contribution in [3.63, 3.8) is 0 Å². The van der Waals surface area contributed by atoms with Crippen LogP contribution in [0.2, 0.25) is 0 Å². The molecule has 19 N–H and O–H groups in total. The number of amides is 15.